The Morgan fingerprint density at radius 2 is 1.89 bits per heavy atom. The Labute approximate surface area is 110 Å². The van der Waals surface area contributed by atoms with E-state index in [0.717, 1.165) is 12.1 Å². The van der Waals surface area contributed by atoms with Crippen LogP contribution in [0, 0.1) is 5.82 Å². The van der Waals surface area contributed by atoms with Crippen LogP contribution in [0.3, 0.4) is 0 Å². The fourth-order valence-corrected chi connectivity index (χ4v) is 3.01. The van der Waals surface area contributed by atoms with Gasteiger partial charge in [0.2, 0.25) is 10.0 Å². The zero-order valence-electron chi connectivity index (χ0n) is 10.1. The van der Waals surface area contributed by atoms with E-state index in [1.807, 2.05) is 0 Å². The van der Waals surface area contributed by atoms with Gasteiger partial charge in [0.15, 0.2) is 6.29 Å². The van der Waals surface area contributed by atoms with Crippen molar-refractivity contribution >= 4 is 27.9 Å². The Balaban J connectivity index is 3.37. The van der Waals surface area contributed by atoms with Crippen LogP contribution in [0.25, 0.3) is 0 Å². The number of carbonyl (C=O) groups is 1. The molecule has 0 aromatic heterocycles. The van der Waals surface area contributed by atoms with Crippen LogP contribution in [-0.4, -0.2) is 20.2 Å². The molecule has 0 heterocycles. The molecule has 0 fully saturated rings. The maximum Gasteiger partial charge on any atom is 0.243 e. The van der Waals surface area contributed by atoms with Crippen molar-refractivity contribution in [1.82, 2.24) is 4.72 Å². The predicted octanol–water partition coefficient (Wildman–Crippen LogP) is 2.37. The minimum Gasteiger partial charge on any atom is -0.298 e. The molecule has 0 bridgehead atoms. The lowest BCUT2D eigenvalue weighted by Gasteiger charge is -2.20. The van der Waals surface area contributed by atoms with Gasteiger partial charge >= 0.3 is 0 Å². The van der Waals surface area contributed by atoms with Crippen molar-refractivity contribution in [2.45, 2.75) is 31.2 Å². The highest BCUT2D eigenvalue weighted by Gasteiger charge is 2.26. The van der Waals surface area contributed by atoms with Crippen LogP contribution in [0.4, 0.5) is 4.39 Å². The first-order valence-electron chi connectivity index (χ1n) is 5.05. The van der Waals surface area contributed by atoms with Gasteiger partial charge in [-0.3, -0.25) is 4.79 Å². The molecular formula is C11H13ClFNO3S. The molecule has 7 heteroatoms. The highest BCUT2D eigenvalue weighted by molar-refractivity contribution is 7.89. The van der Waals surface area contributed by atoms with Crippen molar-refractivity contribution in [1.29, 1.82) is 0 Å². The van der Waals surface area contributed by atoms with Crippen molar-refractivity contribution in [3.8, 4) is 0 Å². The molecule has 0 amide bonds. The zero-order chi connectivity index (χ0) is 14.1. The van der Waals surface area contributed by atoms with E-state index in [1.165, 1.54) is 0 Å². The summed E-state index contributed by atoms with van der Waals surface area (Å²) in [6, 6.07) is 1.72. The molecule has 1 aromatic rings. The second-order valence-electron chi connectivity index (χ2n) is 4.78. The lowest BCUT2D eigenvalue weighted by atomic mass is 10.1. The van der Waals surface area contributed by atoms with Crippen LogP contribution >= 0.6 is 11.6 Å². The Morgan fingerprint density at radius 3 is 2.33 bits per heavy atom. The third-order valence-electron chi connectivity index (χ3n) is 1.91. The van der Waals surface area contributed by atoms with E-state index < -0.39 is 26.3 Å². The number of aldehydes is 1. The minimum absolute atomic E-state index is 0.0765. The molecule has 100 valence electrons. The second-order valence-corrected chi connectivity index (χ2v) is 6.84. The Kier molecular flexibility index (Phi) is 4.15. The number of halogens is 2. The molecule has 1 N–H and O–H groups in total. The summed E-state index contributed by atoms with van der Waals surface area (Å²) in [6.45, 7) is 4.87. The monoisotopic (exact) mass is 293 g/mol. The topological polar surface area (TPSA) is 63.2 Å². The van der Waals surface area contributed by atoms with Crippen LogP contribution in [0.2, 0.25) is 5.02 Å². The van der Waals surface area contributed by atoms with Gasteiger partial charge in [0.05, 0.1) is 5.02 Å². The van der Waals surface area contributed by atoms with Crippen LogP contribution in [0.5, 0.6) is 0 Å². The summed E-state index contributed by atoms with van der Waals surface area (Å²) < 4.78 is 39.8. The van der Waals surface area contributed by atoms with Crippen LogP contribution in [0.1, 0.15) is 31.1 Å². The molecule has 4 nitrogen and oxygen atoms in total. The molecule has 0 saturated carbocycles. The summed E-state index contributed by atoms with van der Waals surface area (Å²) in [7, 11) is -4.04. The summed E-state index contributed by atoms with van der Waals surface area (Å²) >= 11 is 5.60. The highest BCUT2D eigenvalue weighted by atomic mass is 35.5. The van der Waals surface area contributed by atoms with Gasteiger partial charge < -0.3 is 0 Å². The quantitative estimate of drug-likeness (QED) is 0.870. The summed E-state index contributed by atoms with van der Waals surface area (Å²) in [6.07, 6.45) is 0.373. The van der Waals surface area contributed by atoms with E-state index in [1.54, 1.807) is 20.8 Å². The fourth-order valence-electron chi connectivity index (χ4n) is 1.30. The average Bonchev–Trinajstić information content (AvgIpc) is 2.13. The first kappa shape index (κ1) is 15.1. The van der Waals surface area contributed by atoms with Gasteiger partial charge in [-0.15, -0.1) is 0 Å². The largest absolute Gasteiger partial charge is 0.298 e. The standard InChI is InChI=1S/C11H13ClFNO3S/c1-11(2,3)14-18(16,17)10-4-7(6-15)8(12)5-9(10)13/h4-6,14H,1-3H3. The molecule has 0 saturated heterocycles. The number of hydrogen-bond acceptors (Lipinski definition) is 3. The maximum atomic E-state index is 13.6. The van der Waals surface area contributed by atoms with Gasteiger partial charge in [0.25, 0.3) is 0 Å². The smallest absolute Gasteiger partial charge is 0.243 e. The fraction of sp³-hybridized carbons (Fsp3) is 0.364. The molecule has 0 radical (unpaired) electrons. The molecule has 1 aromatic carbocycles. The van der Waals surface area contributed by atoms with Crippen molar-refractivity contribution in [3.05, 3.63) is 28.5 Å². The number of benzene rings is 1. The number of sulfonamides is 1. The summed E-state index contributed by atoms with van der Waals surface area (Å²) in [5.41, 5.74) is -0.834. The molecule has 0 aliphatic rings. The molecule has 0 aliphatic heterocycles. The molecule has 0 spiro atoms. The molecular weight excluding hydrogens is 281 g/mol. The van der Waals surface area contributed by atoms with Gasteiger partial charge in [0.1, 0.15) is 10.7 Å². The Morgan fingerprint density at radius 1 is 1.33 bits per heavy atom. The third-order valence-corrected chi connectivity index (χ3v) is 4.01. The van der Waals surface area contributed by atoms with Crippen LogP contribution in [-0.2, 0) is 10.0 Å². The normalized spacial score (nSPS) is 12.5. The van der Waals surface area contributed by atoms with Crippen molar-refractivity contribution in [2.24, 2.45) is 0 Å². The van der Waals surface area contributed by atoms with Crippen LogP contribution in [0.15, 0.2) is 17.0 Å². The van der Waals surface area contributed by atoms with Gasteiger partial charge in [-0.1, -0.05) is 11.6 Å². The van der Waals surface area contributed by atoms with E-state index in [9.17, 15) is 17.6 Å². The lowest BCUT2D eigenvalue weighted by Crippen LogP contribution is -2.40. The Hall–Kier alpha value is -0.980. The first-order chi connectivity index (χ1) is 8.07. The average molecular weight is 294 g/mol. The van der Waals surface area contributed by atoms with Crippen molar-refractivity contribution in [2.75, 3.05) is 0 Å². The SMILES string of the molecule is CC(C)(C)NS(=O)(=O)c1cc(C=O)c(Cl)cc1F. The van der Waals surface area contributed by atoms with Crippen molar-refractivity contribution in [3.63, 3.8) is 0 Å². The molecule has 0 atom stereocenters. The number of hydrogen-bond donors (Lipinski definition) is 1. The Bertz CT molecular complexity index is 579. The summed E-state index contributed by atoms with van der Waals surface area (Å²) in [4.78, 5) is 10.1. The zero-order valence-corrected chi connectivity index (χ0v) is 11.7. The lowest BCUT2D eigenvalue weighted by molar-refractivity contribution is 0.112. The number of nitrogens with one attached hydrogen (secondary N) is 1. The third kappa shape index (κ3) is 3.51. The molecule has 0 unspecified atom stereocenters. The number of rotatable bonds is 3. The van der Waals surface area contributed by atoms with E-state index in [4.69, 9.17) is 11.6 Å². The van der Waals surface area contributed by atoms with E-state index in [0.29, 0.717) is 6.29 Å². The van der Waals surface area contributed by atoms with E-state index in [-0.39, 0.29) is 10.6 Å². The van der Waals surface area contributed by atoms with E-state index in [2.05, 4.69) is 4.72 Å². The van der Waals surface area contributed by atoms with E-state index >= 15 is 0 Å². The van der Waals surface area contributed by atoms with Gasteiger partial charge in [-0.05, 0) is 32.9 Å². The molecule has 1 rings (SSSR count). The highest BCUT2D eigenvalue weighted by Crippen LogP contribution is 2.23. The predicted molar refractivity (Wildman–Crippen MR) is 66.9 cm³/mol. The van der Waals surface area contributed by atoms with Crippen LogP contribution < -0.4 is 4.72 Å². The summed E-state index contributed by atoms with van der Waals surface area (Å²) in [5, 5.41) is -0.128. The van der Waals surface area contributed by atoms with Gasteiger partial charge in [-0.2, -0.15) is 0 Å². The van der Waals surface area contributed by atoms with Crippen molar-refractivity contribution < 1.29 is 17.6 Å². The molecule has 0 aliphatic carbocycles. The van der Waals surface area contributed by atoms with Gasteiger partial charge in [-0.25, -0.2) is 17.5 Å². The number of carbonyl (C=O) groups excluding carboxylic acids is 1. The maximum absolute atomic E-state index is 13.6. The minimum atomic E-state index is -4.04. The first-order valence-corrected chi connectivity index (χ1v) is 6.91. The molecule has 18 heavy (non-hydrogen) atoms. The van der Waals surface area contributed by atoms with Gasteiger partial charge in [0, 0.05) is 11.1 Å². The summed E-state index contributed by atoms with van der Waals surface area (Å²) in [5.74, 6) is -0.998. The second kappa shape index (κ2) is 4.95.